The minimum absolute atomic E-state index is 0.0215. The summed E-state index contributed by atoms with van der Waals surface area (Å²) < 4.78 is 1.84. The molecule has 0 spiro atoms. The number of carbonyl (C=O) groups excluding carboxylic acids is 2. The summed E-state index contributed by atoms with van der Waals surface area (Å²) in [4.78, 5) is 23.6. The molecular formula is C18H24N4O2. The largest absolute Gasteiger partial charge is 0.350 e. The van der Waals surface area contributed by atoms with Gasteiger partial charge in [-0.3, -0.25) is 14.3 Å². The van der Waals surface area contributed by atoms with Crippen LogP contribution in [0.1, 0.15) is 31.9 Å². The molecule has 2 N–H and O–H groups in total. The van der Waals surface area contributed by atoms with Crippen LogP contribution in [0.4, 0.5) is 0 Å². The van der Waals surface area contributed by atoms with E-state index in [0.29, 0.717) is 13.1 Å². The van der Waals surface area contributed by atoms with Gasteiger partial charge in [0.15, 0.2) is 0 Å². The maximum absolute atomic E-state index is 12.4. The molecule has 1 heterocycles. The molecule has 0 aliphatic heterocycles. The van der Waals surface area contributed by atoms with Gasteiger partial charge < -0.3 is 10.6 Å². The lowest BCUT2D eigenvalue weighted by molar-refractivity contribution is -0.129. The van der Waals surface area contributed by atoms with Crippen LogP contribution in [0.25, 0.3) is 0 Å². The van der Waals surface area contributed by atoms with Gasteiger partial charge >= 0.3 is 0 Å². The second-order valence-electron chi connectivity index (χ2n) is 6.11. The van der Waals surface area contributed by atoms with Gasteiger partial charge in [-0.1, -0.05) is 38.1 Å². The van der Waals surface area contributed by atoms with Gasteiger partial charge in [0.1, 0.15) is 6.04 Å². The third-order valence-corrected chi connectivity index (χ3v) is 3.77. The monoisotopic (exact) mass is 328 g/mol. The molecule has 1 unspecified atom stereocenters. The second-order valence-corrected chi connectivity index (χ2v) is 6.11. The predicted octanol–water partition coefficient (Wildman–Crippen LogP) is 1.71. The Morgan fingerprint density at radius 3 is 2.46 bits per heavy atom. The van der Waals surface area contributed by atoms with E-state index in [4.69, 9.17) is 0 Å². The van der Waals surface area contributed by atoms with E-state index in [2.05, 4.69) is 15.7 Å². The average Bonchev–Trinajstić information content (AvgIpc) is 3.04. The quantitative estimate of drug-likeness (QED) is 0.812. The van der Waals surface area contributed by atoms with Gasteiger partial charge in [-0.25, -0.2) is 0 Å². The molecule has 0 radical (unpaired) electrons. The van der Waals surface area contributed by atoms with Crippen LogP contribution in [0, 0.1) is 5.92 Å². The average molecular weight is 328 g/mol. The normalized spacial score (nSPS) is 12.0. The highest BCUT2D eigenvalue weighted by Gasteiger charge is 2.22. The number of amides is 2. The van der Waals surface area contributed by atoms with Crippen molar-refractivity contribution < 1.29 is 9.59 Å². The molecule has 1 atom stereocenters. The van der Waals surface area contributed by atoms with E-state index in [1.165, 1.54) is 6.92 Å². The predicted molar refractivity (Wildman–Crippen MR) is 92.1 cm³/mol. The summed E-state index contributed by atoms with van der Waals surface area (Å²) in [6.45, 7) is 6.30. The summed E-state index contributed by atoms with van der Waals surface area (Å²) in [5.41, 5.74) is 2.13. The summed E-state index contributed by atoms with van der Waals surface area (Å²) in [6.07, 6.45) is 3.64. The highest BCUT2D eigenvalue weighted by molar-refractivity contribution is 5.87. The van der Waals surface area contributed by atoms with E-state index in [0.717, 1.165) is 11.1 Å². The van der Waals surface area contributed by atoms with Crippen molar-refractivity contribution in [3.05, 3.63) is 53.9 Å². The lowest BCUT2D eigenvalue weighted by atomic mass is 10.0. The number of carbonyl (C=O) groups is 2. The highest BCUT2D eigenvalue weighted by Crippen LogP contribution is 2.11. The van der Waals surface area contributed by atoms with Crippen molar-refractivity contribution in [2.24, 2.45) is 5.92 Å². The van der Waals surface area contributed by atoms with Crippen molar-refractivity contribution in [2.75, 3.05) is 0 Å². The third-order valence-electron chi connectivity index (χ3n) is 3.77. The molecule has 2 amide bonds. The van der Waals surface area contributed by atoms with Gasteiger partial charge in [0.2, 0.25) is 11.8 Å². The van der Waals surface area contributed by atoms with Crippen molar-refractivity contribution in [1.82, 2.24) is 20.4 Å². The van der Waals surface area contributed by atoms with E-state index in [1.807, 2.05) is 55.1 Å². The minimum Gasteiger partial charge on any atom is -0.350 e. The van der Waals surface area contributed by atoms with Crippen LogP contribution in [0.3, 0.4) is 0 Å². The Morgan fingerprint density at radius 1 is 1.17 bits per heavy atom. The molecule has 6 nitrogen and oxygen atoms in total. The second kappa shape index (κ2) is 8.29. The first-order valence-electron chi connectivity index (χ1n) is 8.06. The molecule has 0 aliphatic carbocycles. The summed E-state index contributed by atoms with van der Waals surface area (Å²) >= 11 is 0. The van der Waals surface area contributed by atoms with Gasteiger partial charge in [-0.2, -0.15) is 5.10 Å². The Kier molecular flexibility index (Phi) is 6.12. The van der Waals surface area contributed by atoms with E-state index < -0.39 is 6.04 Å². The first kappa shape index (κ1) is 17.7. The van der Waals surface area contributed by atoms with E-state index in [-0.39, 0.29) is 17.7 Å². The van der Waals surface area contributed by atoms with Gasteiger partial charge in [0, 0.05) is 25.9 Å². The molecular weight excluding hydrogens is 304 g/mol. The first-order chi connectivity index (χ1) is 11.5. The highest BCUT2D eigenvalue weighted by atomic mass is 16.2. The van der Waals surface area contributed by atoms with Crippen molar-refractivity contribution in [1.29, 1.82) is 0 Å². The molecule has 0 bridgehead atoms. The summed E-state index contributed by atoms with van der Waals surface area (Å²) in [6, 6.07) is 9.28. The first-order valence-corrected chi connectivity index (χ1v) is 8.06. The van der Waals surface area contributed by atoms with Crippen LogP contribution < -0.4 is 10.6 Å². The van der Waals surface area contributed by atoms with Crippen molar-refractivity contribution in [3.63, 3.8) is 0 Å². The Bertz CT molecular complexity index is 680. The minimum atomic E-state index is -0.527. The maximum Gasteiger partial charge on any atom is 0.243 e. The Hall–Kier alpha value is -2.63. The zero-order valence-corrected chi connectivity index (χ0v) is 14.3. The van der Waals surface area contributed by atoms with Crippen LogP contribution in [0.15, 0.2) is 42.7 Å². The van der Waals surface area contributed by atoms with Crippen LogP contribution in [0.5, 0.6) is 0 Å². The fraction of sp³-hybridized carbons (Fsp3) is 0.389. The number of nitrogens with zero attached hydrogens (tertiary/aromatic N) is 2. The van der Waals surface area contributed by atoms with Crippen molar-refractivity contribution >= 4 is 11.8 Å². The third kappa shape index (κ3) is 4.94. The number of rotatable bonds is 7. The Morgan fingerprint density at radius 2 is 1.88 bits per heavy atom. The lowest BCUT2D eigenvalue weighted by Crippen LogP contribution is -2.48. The van der Waals surface area contributed by atoms with Crippen LogP contribution in [0.2, 0.25) is 0 Å². The summed E-state index contributed by atoms with van der Waals surface area (Å²) in [5.74, 6) is -0.356. The van der Waals surface area contributed by atoms with Crippen LogP contribution in [-0.2, 0) is 22.7 Å². The molecule has 128 valence electrons. The number of nitrogens with one attached hydrogen (secondary N) is 2. The fourth-order valence-corrected chi connectivity index (χ4v) is 2.50. The summed E-state index contributed by atoms with van der Waals surface area (Å²) in [5, 5.41) is 9.84. The number of aromatic nitrogens is 2. The zero-order chi connectivity index (χ0) is 17.5. The maximum atomic E-state index is 12.4. The van der Waals surface area contributed by atoms with Crippen molar-refractivity contribution in [3.8, 4) is 0 Å². The molecule has 1 aromatic carbocycles. The van der Waals surface area contributed by atoms with Gasteiger partial charge in [0.05, 0.1) is 6.54 Å². The Balaban J connectivity index is 2.03. The fourth-order valence-electron chi connectivity index (χ4n) is 2.50. The standard InChI is InChI=1S/C18H24N4O2/c1-13(2)17(21-14(3)23)18(24)19-11-15-7-4-5-8-16(15)12-22-10-6-9-20-22/h4-10,13,17H,11-12H2,1-3H3,(H,19,24)(H,21,23). The molecule has 0 saturated carbocycles. The van der Waals surface area contributed by atoms with E-state index in [1.54, 1.807) is 6.20 Å². The number of hydrogen-bond acceptors (Lipinski definition) is 3. The Labute approximate surface area is 142 Å². The van der Waals surface area contributed by atoms with Gasteiger partial charge in [-0.15, -0.1) is 0 Å². The van der Waals surface area contributed by atoms with Crippen LogP contribution in [-0.4, -0.2) is 27.6 Å². The van der Waals surface area contributed by atoms with Crippen molar-refractivity contribution in [2.45, 2.75) is 39.9 Å². The smallest absolute Gasteiger partial charge is 0.243 e. The SMILES string of the molecule is CC(=O)NC(C(=O)NCc1ccccc1Cn1cccn1)C(C)C. The van der Waals surface area contributed by atoms with E-state index in [9.17, 15) is 9.59 Å². The zero-order valence-electron chi connectivity index (χ0n) is 14.3. The van der Waals surface area contributed by atoms with Crippen LogP contribution >= 0.6 is 0 Å². The number of hydrogen-bond donors (Lipinski definition) is 2. The molecule has 24 heavy (non-hydrogen) atoms. The molecule has 2 rings (SSSR count). The molecule has 0 fully saturated rings. The molecule has 6 heteroatoms. The summed E-state index contributed by atoms with van der Waals surface area (Å²) in [7, 11) is 0. The molecule has 0 aliphatic rings. The lowest BCUT2D eigenvalue weighted by Gasteiger charge is -2.21. The van der Waals surface area contributed by atoms with Gasteiger partial charge in [0.25, 0.3) is 0 Å². The topological polar surface area (TPSA) is 76.0 Å². The van der Waals surface area contributed by atoms with E-state index >= 15 is 0 Å². The molecule has 2 aromatic rings. The molecule has 1 aromatic heterocycles. The van der Waals surface area contributed by atoms with Gasteiger partial charge in [-0.05, 0) is 23.1 Å². The molecule has 0 saturated heterocycles. The number of benzene rings is 1.